The van der Waals surface area contributed by atoms with Crippen molar-refractivity contribution in [1.82, 2.24) is 10.4 Å². The van der Waals surface area contributed by atoms with Crippen molar-refractivity contribution in [2.75, 3.05) is 0 Å². The standard InChI is InChI=1S/C14H16FN3/c15-13-5-1-3-11(7-13)8-14(18-16)9-12-4-2-6-17-10-12/h1-7,10,14,18H,8-9,16H2. The van der Waals surface area contributed by atoms with Crippen molar-refractivity contribution in [2.45, 2.75) is 18.9 Å². The first-order chi connectivity index (χ1) is 8.78. The summed E-state index contributed by atoms with van der Waals surface area (Å²) in [5.74, 6) is 5.32. The number of pyridine rings is 1. The summed E-state index contributed by atoms with van der Waals surface area (Å²) in [6.45, 7) is 0. The zero-order valence-electron chi connectivity index (χ0n) is 10.0. The average Bonchev–Trinajstić information content (AvgIpc) is 2.39. The molecule has 2 rings (SSSR count). The van der Waals surface area contributed by atoms with Gasteiger partial charge in [0.15, 0.2) is 0 Å². The zero-order valence-corrected chi connectivity index (χ0v) is 10.0. The lowest BCUT2D eigenvalue weighted by Gasteiger charge is -2.15. The molecule has 94 valence electrons. The predicted molar refractivity (Wildman–Crippen MR) is 69.2 cm³/mol. The fourth-order valence-corrected chi connectivity index (χ4v) is 1.94. The third-order valence-electron chi connectivity index (χ3n) is 2.81. The highest BCUT2D eigenvalue weighted by Crippen LogP contribution is 2.09. The smallest absolute Gasteiger partial charge is 0.123 e. The van der Waals surface area contributed by atoms with E-state index in [1.54, 1.807) is 12.3 Å². The maximum Gasteiger partial charge on any atom is 0.123 e. The molecule has 0 amide bonds. The molecule has 0 fully saturated rings. The second-order valence-corrected chi connectivity index (χ2v) is 4.26. The van der Waals surface area contributed by atoms with Crippen LogP contribution in [0.4, 0.5) is 4.39 Å². The Hall–Kier alpha value is -1.78. The first kappa shape index (κ1) is 12.7. The molecule has 1 unspecified atom stereocenters. The fourth-order valence-electron chi connectivity index (χ4n) is 1.94. The van der Waals surface area contributed by atoms with Gasteiger partial charge < -0.3 is 0 Å². The Bertz CT molecular complexity index is 487. The third kappa shape index (κ3) is 3.61. The predicted octanol–water partition coefficient (Wildman–Crippen LogP) is 1.84. The second-order valence-electron chi connectivity index (χ2n) is 4.26. The monoisotopic (exact) mass is 245 g/mol. The molecular formula is C14H16FN3. The summed E-state index contributed by atoms with van der Waals surface area (Å²) < 4.78 is 13.1. The average molecular weight is 245 g/mol. The largest absolute Gasteiger partial charge is 0.271 e. The highest BCUT2D eigenvalue weighted by molar-refractivity contribution is 5.19. The molecule has 0 spiro atoms. The second kappa shape index (κ2) is 6.23. The van der Waals surface area contributed by atoms with E-state index in [0.29, 0.717) is 6.42 Å². The van der Waals surface area contributed by atoms with Crippen LogP contribution in [-0.2, 0) is 12.8 Å². The molecule has 4 heteroatoms. The molecule has 3 N–H and O–H groups in total. The summed E-state index contributed by atoms with van der Waals surface area (Å²) in [7, 11) is 0. The first-order valence-electron chi connectivity index (χ1n) is 5.87. The normalized spacial score (nSPS) is 12.3. The summed E-state index contributed by atoms with van der Waals surface area (Å²) in [6.07, 6.45) is 5.00. The number of nitrogens with one attached hydrogen (secondary N) is 1. The van der Waals surface area contributed by atoms with Crippen molar-refractivity contribution in [2.24, 2.45) is 5.84 Å². The van der Waals surface area contributed by atoms with Gasteiger partial charge in [0.1, 0.15) is 5.82 Å². The summed E-state index contributed by atoms with van der Waals surface area (Å²) in [5.41, 5.74) is 4.81. The molecule has 18 heavy (non-hydrogen) atoms. The Morgan fingerprint density at radius 3 is 2.61 bits per heavy atom. The maximum atomic E-state index is 13.1. The lowest BCUT2D eigenvalue weighted by atomic mass is 10.0. The van der Waals surface area contributed by atoms with Crippen molar-refractivity contribution >= 4 is 0 Å². The Kier molecular flexibility index (Phi) is 4.39. The Morgan fingerprint density at radius 1 is 1.17 bits per heavy atom. The van der Waals surface area contributed by atoms with Gasteiger partial charge in [0.2, 0.25) is 0 Å². The highest BCUT2D eigenvalue weighted by Gasteiger charge is 2.09. The van der Waals surface area contributed by atoms with Crippen LogP contribution >= 0.6 is 0 Å². The molecule has 1 atom stereocenters. The lowest BCUT2D eigenvalue weighted by molar-refractivity contribution is 0.520. The van der Waals surface area contributed by atoms with Crippen LogP contribution in [-0.4, -0.2) is 11.0 Å². The van der Waals surface area contributed by atoms with E-state index in [9.17, 15) is 4.39 Å². The Balaban J connectivity index is 2.01. The molecule has 3 nitrogen and oxygen atoms in total. The van der Waals surface area contributed by atoms with Crippen molar-refractivity contribution < 1.29 is 4.39 Å². The van der Waals surface area contributed by atoms with Crippen LogP contribution in [0.25, 0.3) is 0 Å². The quantitative estimate of drug-likeness (QED) is 0.624. The third-order valence-corrected chi connectivity index (χ3v) is 2.81. The minimum Gasteiger partial charge on any atom is -0.271 e. The van der Waals surface area contributed by atoms with Crippen molar-refractivity contribution in [3.63, 3.8) is 0 Å². The number of rotatable bonds is 5. The van der Waals surface area contributed by atoms with Crippen molar-refractivity contribution in [1.29, 1.82) is 0 Å². The summed E-state index contributed by atoms with van der Waals surface area (Å²) in [5, 5.41) is 0. The number of hydrogen-bond acceptors (Lipinski definition) is 3. The van der Waals surface area contributed by atoms with E-state index in [1.807, 2.05) is 24.4 Å². The number of nitrogens with zero attached hydrogens (tertiary/aromatic N) is 1. The topological polar surface area (TPSA) is 50.9 Å². The molecule has 0 aliphatic heterocycles. The number of nitrogens with two attached hydrogens (primary N) is 1. The van der Waals surface area contributed by atoms with Crippen LogP contribution < -0.4 is 11.3 Å². The molecule has 1 heterocycles. The van der Waals surface area contributed by atoms with Gasteiger partial charge in [0.05, 0.1) is 0 Å². The van der Waals surface area contributed by atoms with E-state index in [-0.39, 0.29) is 11.9 Å². The Labute approximate surface area is 106 Å². The molecule has 0 saturated heterocycles. The zero-order chi connectivity index (χ0) is 12.8. The van der Waals surface area contributed by atoms with Crippen LogP contribution in [0.3, 0.4) is 0 Å². The van der Waals surface area contributed by atoms with Gasteiger partial charge in [-0.05, 0) is 42.2 Å². The molecule has 0 radical (unpaired) electrons. The van der Waals surface area contributed by atoms with Gasteiger partial charge in [-0.15, -0.1) is 0 Å². The minimum atomic E-state index is -0.218. The van der Waals surface area contributed by atoms with E-state index in [2.05, 4.69) is 10.4 Å². The lowest BCUT2D eigenvalue weighted by Crippen LogP contribution is -2.38. The van der Waals surface area contributed by atoms with Crippen LogP contribution in [0.5, 0.6) is 0 Å². The van der Waals surface area contributed by atoms with Gasteiger partial charge >= 0.3 is 0 Å². The molecule has 1 aromatic heterocycles. The fraction of sp³-hybridized carbons (Fsp3) is 0.214. The van der Waals surface area contributed by atoms with Gasteiger partial charge in [-0.25, -0.2) is 4.39 Å². The molecular weight excluding hydrogens is 229 g/mol. The first-order valence-corrected chi connectivity index (χ1v) is 5.87. The van der Waals surface area contributed by atoms with Gasteiger partial charge in [0.25, 0.3) is 0 Å². The summed E-state index contributed by atoms with van der Waals surface area (Å²) in [4.78, 5) is 4.06. The van der Waals surface area contributed by atoms with E-state index in [1.165, 1.54) is 12.1 Å². The molecule has 2 aromatic rings. The minimum absolute atomic E-state index is 0.0657. The van der Waals surface area contributed by atoms with Crippen molar-refractivity contribution in [3.8, 4) is 0 Å². The summed E-state index contributed by atoms with van der Waals surface area (Å²) >= 11 is 0. The maximum absolute atomic E-state index is 13.1. The van der Waals surface area contributed by atoms with Crippen LogP contribution in [0.1, 0.15) is 11.1 Å². The van der Waals surface area contributed by atoms with Gasteiger partial charge in [-0.2, -0.15) is 0 Å². The summed E-state index contributed by atoms with van der Waals surface area (Å²) in [6, 6.07) is 10.5. The number of hydrogen-bond donors (Lipinski definition) is 2. The van der Waals surface area contributed by atoms with Gasteiger partial charge in [0, 0.05) is 18.4 Å². The highest BCUT2D eigenvalue weighted by atomic mass is 19.1. The van der Waals surface area contributed by atoms with E-state index < -0.39 is 0 Å². The molecule has 0 bridgehead atoms. The van der Waals surface area contributed by atoms with E-state index >= 15 is 0 Å². The number of hydrazine groups is 1. The number of benzene rings is 1. The molecule has 0 aliphatic rings. The Morgan fingerprint density at radius 2 is 1.94 bits per heavy atom. The molecule has 0 aliphatic carbocycles. The van der Waals surface area contributed by atoms with Crippen LogP contribution in [0.15, 0.2) is 48.8 Å². The molecule has 1 aromatic carbocycles. The van der Waals surface area contributed by atoms with Gasteiger partial charge in [-0.3, -0.25) is 16.3 Å². The van der Waals surface area contributed by atoms with E-state index in [4.69, 9.17) is 5.84 Å². The molecule has 0 saturated carbocycles. The van der Waals surface area contributed by atoms with Crippen molar-refractivity contribution in [3.05, 3.63) is 65.7 Å². The van der Waals surface area contributed by atoms with Crippen LogP contribution in [0, 0.1) is 5.82 Å². The van der Waals surface area contributed by atoms with E-state index in [0.717, 1.165) is 17.5 Å². The van der Waals surface area contributed by atoms with Gasteiger partial charge in [-0.1, -0.05) is 18.2 Å². The number of aromatic nitrogens is 1. The van der Waals surface area contributed by atoms with Crippen LogP contribution in [0.2, 0.25) is 0 Å². The SMILES string of the molecule is NNC(Cc1cccnc1)Cc1cccc(F)c1. The number of halogens is 1.